The Labute approximate surface area is 128 Å². The number of carbonyl (C=O) groups excluding carboxylic acids is 1. The second-order valence-electron chi connectivity index (χ2n) is 4.97. The van der Waals surface area contributed by atoms with Crippen LogP contribution in [0, 0.1) is 13.8 Å². The van der Waals surface area contributed by atoms with Crippen molar-refractivity contribution in [2.75, 3.05) is 0 Å². The minimum atomic E-state index is -3.93. The average molecular weight is 320 g/mol. The number of rotatable bonds is 4. The molecule has 6 nitrogen and oxygen atoms in total. The first-order valence-corrected chi connectivity index (χ1v) is 8.06. The molecule has 0 aliphatic heterocycles. The molecule has 2 rings (SSSR count). The highest BCUT2D eigenvalue weighted by atomic mass is 32.2. The van der Waals surface area contributed by atoms with E-state index in [1.807, 2.05) is 11.6 Å². The fraction of sp³-hybridized carbons (Fsp3) is 0.200. The molecule has 0 aliphatic carbocycles. The molecule has 22 heavy (non-hydrogen) atoms. The fourth-order valence-electron chi connectivity index (χ4n) is 1.89. The lowest BCUT2D eigenvalue weighted by Gasteiger charge is -2.09. The van der Waals surface area contributed by atoms with E-state index in [1.165, 1.54) is 18.3 Å². The molecule has 1 heterocycles. The van der Waals surface area contributed by atoms with Crippen LogP contribution in [0.15, 0.2) is 52.3 Å². The van der Waals surface area contributed by atoms with Gasteiger partial charge in [0.2, 0.25) is 0 Å². The van der Waals surface area contributed by atoms with E-state index in [2.05, 4.69) is 0 Å². The van der Waals surface area contributed by atoms with Crippen molar-refractivity contribution in [2.45, 2.75) is 25.3 Å². The summed E-state index contributed by atoms with van der Waals surface area (Å²) in [6.45, 7) is 3.10. The first kappa shape index (κ1) is 16.0. The van der Waals surface area contributed by atoms with Gasteiger partial charge >= 0.3 is 0 Å². The number of nitrogens with zero attached hydrogens (tertiary/aromatic N) is 1. The molecule has 0 radical (unpaired) electrons. The summed E-state index contributed by atoms with van der Waals surface area (Å²) in [6, 6.07) is 9.38. The number of amides is 1. The summed E-state index contributed by atoms with van der Waals surface area (Å²) in [6.07, 6.45) is 1.44. The van der Waals surface area contributed by atoms with Gasteiger partial charge in [0, 0.05) is 11.8 Å². The van der Waals surface area contributed by atoms with E-state index >= 15 is 0 Å². The summed E-state index contributed by atoms with van der Waals surface area (Å²) in [5, 5.41) is 0. The van der Waals surface area contributed by atoms with Crippen molar-refractivity contribution in [1.82, 2.24) is 9.29 Å². The third-order valence-electron chi connectivity index (χ3n) is 3.10. The molecule has 0 bridgehead atoms. The van der Waals surface area contributed by atoms with E-state index in [4.69, 9.17) is 0 Å². The quantitative estimate of drug-likeness (QED) is 0.909. The SMILES string of the molecule is Cc1ccc(S(=O)(=O)NC(=O)Cn2cccc(C)c2=O)cc1. The number of hydrogen-bond acceptors (Lipinski definition) is 4. The van der Waals surface area contributed by atoms with Gasteiger partial charge in [0.25, 0.3) is 21.5 Å². The van der Waals surface area contributed by atoms with Crippen LogP contribution < -0.4 is 10.3 Å². The number of sulfonamides is 1. The highest BCUT2D eigenvalue weighted by Crippen LogP contribution is 2.09. The molecule has 0 saturated carbocycles. The molecule has 0 aliphatic rings. The molecular formula is C15H16N2O4S. The van der Waals surface area contributed by atoms with Crippen molar-refractivity contribution in [1.29, 1.82) is 0 Å². The van der Waals surface area contributed by atoms with E-state index in [-0.39, 0.29) is 17.0 Å². The Hall–Kier alpha value is -2.41. The normalized spacial score (nSPS) is 11.2. The Morgan fingerprint density at radius 3 is 2.41 bits per heavy atom. The zero-order valence-electron chi connectivity index (χ0n) is 12.2. The van der Waals surface area contributed by atoms with Crippen LogP contribution in [0.5, 0.6) is 0 Å². The van der Waals surface area contributed by atoms with E-state index in [9.17, 15) is 18.0 Å². The molecule has 1 amide bonds. The Morgan fingerprint density at radius 2 is 1.77 bits per heavy atom. The number of pyridine rings is 1. The summed E-state index contributed by atoms with van der Waals surface area (Å²) < 4.78 is 27.3. The van der Waals surface area contributed by atoms with Gasteiger partial charge in [0.05, 0.1) is 4.90 Å². The molecule has 1 aromatic heterocycles. The Bertz CT molecular complexity index is 852. The van der Waals surface area contributed by atoms with Gasteiger partial charge in [0.1, 0.15) is 6.54 Å². The van der Waals surface area contributed by atoms with Crippen LogP contribution in [0.25, 0.3) is 0 Å². The van der Waals surface area contributed by atoms with Gasteiger partial charge in [-0.05, 0) is 32.0 Å². The van der Waals surface area contributed by atoms with Gasteiger partial charge in [-0.15, -0.1) is 0 Å². The molecule has 0 saturated heterocycles. The lowest BCUT2D eigenvalue weighted by molar-refractivity contribution is -0.119. The zero-order valence-corrected chi connectivity index (χ0v) is 13.1. The Morgan fingerprint density at radius 1 is 1.14 bits per heavy atom. The average Bonchev–Trinajstić information content (AvgIpc) is 2.44. The van der Waals surface area contributed by atoms with Crippen molar-refractivity contribution in [3.05, 3.63) is 64.1 Å². The predicted molar refractivity (Wildman–Crippen MR) is 81.9 cm³/mol. The lowest BCUT2D eigenvalue weighted by Crippen LogP contribution is -2.36. The molecule has 116 valence electrons. The zero-order chi connectivity index (χ0) is 16.3. The molecule has 0 spiro atoms. The topological polar surface area (TPSA) is 85.2 Å². The molecule has 0 atom stereocenters. The molecule has 1 N–H and O–H groups in total. The summed E-state index contributed by atoms with van der Waals surface area (Å²) in [7, 11) is -3.93. The summed E-state index contributed by atoms with van der Waals surface area (Å²) >= 11 is 0. The molecule has 1 aromatic carbocycles. The first-order chi connectivity index (χ1) is 10.3. The minimum Gasteiger partial charge on any atom is -0.306 e. The van der Waals surface area contributed by atoms with Crippen LogP contribution in [0.1, 0.15) is 11.1 Å². The number of hydrogen-bond donors (Lipinski definition) is 1. The van der Waals surface area contributed by atoms with E-state index < -0.39 is 15.9 Å². The van der Waals surface area contributed by atoms with Gasteiger partial charge < -0.3 is 4.57 Å². The molecule has 7 heteroatoms. The standard InChI is InChI=1S/C15H16N2O4S/c1-11-5-7-13(8-6-11)22(20,21)16-14(18)10-17-9-3-4-12(2)15(17)19/h3-9H,10H2,1-2H3,(H,16,18). The molecule has 2 aromatic rings. The maximum atomic E-state index is 12.1. The van der Waals surface area contributed by atoms with Crippen LogP contribution >= 0.6 is 0 Å². The van der Waals surface area contributed by atoms with Crippen LogP contribution in [-0.2, 0) is 21.4 Å². The van der Waals surface area contributed by atoms with Gasteiger partial charge in [-0.25, -0.2) is 13.1 Å². The summed E-state index contributed by atoms with van der Waals surface area (Å²) in [5.74, 6) is -0.770. The van der Waals surface area contributed by atoms with Gasteiger partial charge in [0.15, 0.2) is 0 Å². The predicted octanol–water partition coefficient (Wildman–Crippen LogP) is 0.970. The number of aryl methyl sites for hydroxylation is 2. The Balaban J connectivity index is 2.16. The molecular weight excluding hydrogens is 304 g/mol. The van der Waals surface area contributed by atoms with Crippen molar-refractivity contribution in [2.24, 2.45) is 0 Å². The fourth-order valence-corrected chi connectivity index (χ4v) is 2.87. The van der Waals surface area contributed by atoms with Crippen LogP contribution in [0.2, 0.25) is 0 Å². The largest absolute Gasteiger partial charge is 0.306 e. The minimum absolute atomic E-state index is 0.00281. The third kappa shape index (κ3) is 3.62. The lowest BCUT2D eigenvalue weighted by atomic mass is 10.2. The van der Waals surface area contributed by atoms with Gasteiger partial charge in [-0.1, -0.05) is 23.8 Å². The number of aromatic nitrogens is 1. The van der Waals surface area contributed by atoms with Crippen molar-refractivity contribution >= 4 is 15.9 Å². The smallest absolute Gasteiger partial charge is 0.264 e. The summed E-state index contributed by atoms with van der Waals surface area (Å²) in [5.41, 5.74) is 1.07. The van der Waals surface area contributed by atoms with Crippen LogP contribution in [0.3, 0.4) is 0 Å². The van der Waals surface area contributed by atoms with E-state index in [0.29, 0.717) is 5.56 Å². The van der Waals surface area contributed by atoms with Crippen LogP contribution in [0.4, 0.5) is 0 Å². The summed E-state index contributed by atoms with van der Waals surface area (Å²) in [4.78, 5) is 23.7. The monoisotopic (exact) mass is 320 g/mol. The second kappa shape index (κ2) is 6.15. The third-order valence-corrected chi connectivity index (χ3v) is 4.49. The number of carbonyl (C=O) groups is 1. The van der Waals surface area contributed by atoms with E-state index in [0.717, 1.165) is 10.1 Å². The van der Waals surface area contributed by atoms with E-state index in [1.54, 1.807) is 31.2 Å². The van der Waals surface area contributed by atoms with Crippen molar-refractivity contribution < 1.29 is 13.2 Å². The maximum Gasteiger partial charge on any atom is 0.264 e. The second-order valence-corrected chi connectivity index (χ2v) is 6.65. The molecule has 0 unspecified atom stereocenters. The van der Waals surface area contributed by atoms with Gasteiger partial charge in [-0.2, -0.15) is 0 Å². The van der Waals surface area contributed by atoms with Crippen molar-refractivity contribution in [3.8, 4) is 0 Å². The number of nitrogens with one attached hydrogen (secondary N) is 1. The molecule has 0 fully saturated rings. The first-order valence-electron chi connectivity index (χ1n) is 6.58. The highest BCUT2D eigenvalue weighted by molar-refractivity contribution is 7.90. The Kier molecular flexibility index (Phi) is 4.46. The number of benzene rings is 1. The van der Waals surface area contributed by atoms with Crippen LogP contribution in [-0.4, -0.2) is 18.9 Å². The maximum absolute atomic E-state index is 12.1. The highest BCUT2D eigenvalue weighted by Gasteiger charge is 2.17. The van der Waals surface area contributed by atoms with Crippen molar-refractivity contribution in [3.63, 3.8) is 0 Å². The van der Waals surface area contributed by atoms with Gasteiger partial charge in [-0.3, -0.25) is 9.59 Å².